The van der Waals surface area contributed by atoms with Gasteiger partial charge in [-0.25, -0.2) is 4.79 Å². The van der Waals surface area contributed by atoms with Gasteiger partial charge in [0.05, 0.1) is 19.8 Å². The lowest BCUT2D eigenvalue weighted by Crippen LogP contribution is -2.31. The van der Waals surface area contributed by atoms with Crippen molar-refractivity contribution in [2.45, 2.75) is 20.3 Å². The Hall–Kier alpha value is -1.59. The minimum atomic E-state index is -0.251. The number of carbonyl (C=O) groups excluding carboxylic acids is 1. The summed E-state index contributed by atoms with van der Waals surface area (Å²) in [7, 11) is 0. The Morgan fingerprint density at radius 1 is 1.37 bits per heavy atom. The second-order valence-electron chi connectivity index (χ2n) is 4.21. The van der Waals surface area contributed by atoms with E-state index in [1.54, 1.807) is 0 Å². The summed E-state index contributed by atoms with van der Waals surface area (Å²) in [4.78, 5) is 11.6. The van der Waals surface area contributed by atoms with Crippen molar-refractivity contribution in [3.8, 4) is 0 Å². The molecule has 0 fully saturated rings. The molecule has 1 rings (SSSR count). The molecule has 1 aromatic carbocycles. The first kappa shape index (κ1) is 15.5. The Balaban J connectivity index is 2.35. The van der Waals surface area contributed by atoms with Crippen LogP contribution in [-0.2, 0) is 11.2 Å². The molecule has 0 aliphatic rings. The van der Waals surface area contributed by atoms with Crippen molar-refractivity contribution >= 4 is 11.7 Å². The van der Waals surface area contributed by atoms with Crippen LogP contribution in [0.3, 0.4) is 0 Å². The summed E-state index contributed by atoms with van der Waals surface area (Å²) in [5, 5.41) is 14.0. The maximum absolute atomic E-state index is 11.6. The number of nitrogens with one attached hydrogen (secondary N) is 2. The van der Waals surface area contributed by atoms with Gasteiger partial charge in [0.25, 0.3) is 0 Å². The van der Waals surface area contributed by atoms with Crippen molar-refractivity contribution in [3.63, 3.8) is 0 Å². The highest BCUT2D eigenvalue weighted by Crippen LogP contribution is 2.15. The number of amides is 2. The summed E-state index contributed by atoms with van der Waals surface area (Å²) < 4.78 is 5.04. The molecule has 0 atom stereocenters. The number of hydrogen-bond donors (Lipinski definition) is 3. The second kappa shape index (κ2) is 8.50. The lowest BCUT2D eigenvalue weighted by Gasteiger charge is -2.10. The summed E-state index contributed by atoms with van der Waals surface area (Å²) >= 11 is 0. The summed E-state index contributed by atoms with van der Waals surface area (Å²) in [6.07, 6.45) is 0.942. The number of benzene rings is 1. The van der Waals surface area contributed by atoms with E-state index >= 15 is 0 Å². The Kier molecular flexibility index (Phi) is 6.92. The van der Waals surface area contributed by atoms with Crippen LogP contribution >= 0.6 is 0 Å². The summed E-state index contributed by atoms with van der Waals surface area (Å²) in [5.74, 6) is 0. The van der Waals surface area contributed by atoms with Crippen molar-refractivity contribution in [1.82, 2.24) is 5.32 Å². The number of anilines is 1. The SMILES string of the molecule is CCc1cc(NC(=O)NCCOCCO)ccc1C. The van der Waals surface area contributed by atoms with Gasteiger partial charge in [0.2, 0.25) is 0 Å². The van der Waals surface area contributed by atoms with Gasteiger partial charge in [-0.2, -0.15) is 0 Å². The average Bonchev–Trinajstić information content (AvgIpc) is 2.40. The third-order valence-corrected chi connectivity index (χ3v) is 2.76. The molecule has 3 N–H and O–H groups in total. The van der Waals surface area contributed by atoms with Crippen LogP contribution in [0.2, 0.25) is 0 Å². The fourth-order valence-corrected chi connectivity index (χ4v) is 1.71. The number of rotatable bonds is 7. The van der Waals surface area contributed by atoms with Gasteiger partial charge in [-0.3, -0.25) is 0 Å². The molecule has 106 valence electrons. The van der Waals surface area contributed by atoms with Gasteiger partial charge in [-0.1, -0.05) is 13.0 Å². The second-order valence-corrected chi connectivity index (χ2v) is 4.21. The monoisotopic (exact) mass is 266 g/mol. The van der Waals surface area contributed by atoms with Crippen LogP contribution in [0.25, 0.3) is 0 Å². The van der Waals surface area contributed by atoms with Crippen molar-refractivity contribution < 1.29 is 14.6 Å². The molecule has 1 aromatic rings. The molecule has 0 aromatic heterocycles. The molecular formula is C14H22N2O3. The summed E-state index contributed by atoms with van der Waals surface area (Å²) in [6, 6.07) is 5.62. The van der Waals surface area contributed by atoms with E-state index in [4.69, 9.17) is 9.84 Å². The van der Waals surface area contributed by atoms with Crippen molar-refractivity contribution in [1.29, 1.82) is 0 Å². The third kappa shape index (κ3) is 5.72. The van der Waals surface area contributed by atoms with E-state index in [0.29, 0.717) is 19.8 Å². The maximum Gasteiger partial charge on any atom is 0.319 e. The van der Waals surface area contributed by atoms with E-state index in [2.05, 4.69) is 24.5 Å². The highest BCUT2D eigenvalue weighted by molar-refractivity contribution is 5.89. The predicted molar refractivity (Wildman–Crippen MR) is 75.5 cm³/mol. The van der Waals surface area contributed by atoms with E-state index in [1.165, 1.54) is 11.1 Å². The third-order valence-electron chi connectivity index (χ3n) is 2.76. The first-order valence-corrected chi connectivity index (χ1v) is 6.50. The Morgan fingerprint density at radius 3 is 2.84 bits per heavy atom. The zero-order valence-corrected chi connectivity index (χ0v) is 11.5. The van der Waals surface area contributed by atoms with Gasteiger partial charge in [0, 0.05) is 12.2 Å². The summed E-state index contributed by atoms with van der Waals surface area (Å²) in [6.45, 7) is 5.24. The van der Waals surface area contributed by atoms with Gasteiger partial charge < -0.3 is 20.5 Å². The molecule has 0 spiro atoms. The van der Waals surface area contributed by atoms with Crippen molar-refractivity contribution in [2.24, 2.45) is 0 Å². The number of carbonyl (C=O) groups is 1. The predicted octanol–water partition coefficient (Wildman–Crippen LogP) is 1.69. The topological polar surface area (TPSA) is 70.6 Å². The van der Waals surface area contributed by atoms with Gasteiger partial charge in [-0.05, 0) is 36.6 Å². The van der Waals surface area contributed by atoms with Crippen LogP contribution in [0.1, 0.15) is 18.1 Å². The lowest BCUT2D eigenvalue weighted by atomic mass is 10.1. The molecule has 0 saturated heterocycles. The molecule has 5 nitrogen and oxygen atoms in total. The number of aliphatic hydroxyl groups is 1. The quantitative estimate of drug-likeness (QED) is 0.658. The standard InChI is InChI=1S/C14H22N2O3/c1-3-12-10-13(5-4-11(12)2)16-14(18)15-6-8-19-9-7-17/h4-5,10,17H,3,6-9H2,1-2H3,(H2,15,16,18). The van der Waals surface area contributed by atoms with Crippen LogP contribution in [0, 0.1) is 6.92 Å². The summed E-state index contributed by atoms with van der Waals surface area (Å²) in [5.41, 5.74) is 3.24. The van der Waals surface area contributed by atoms with E-state index in [0.717, 1.165) is 12.1 Å². The zero-order valence-electron chi connectivity index (χ0n) is 11.5. The normalized spacial score (nSPS) is 10.3. The lowest BCUT2D eigenvalue weighted by molar-refractivity contribution is 0.0950. The Labute approximate surface area is 114 Å². The largest absolute Gasteiger partial charge is 0.394 e. The maximum atomic E-state index is 11.6. The van der Waals surface area contributed by atoms with Crippen molar-refractivity contribution in [2.75, 3.05) is 31.7 Å². The molecule has 0 bridgehead atoms. The van der Waals surface area contributed by atoms with Gasteiger partial charge in [-0.15, -0.1) is 0 Å². The highest BCUT2D eigenvalue weighted by atomic mass is 16.5. The number of aryl methyl sites for hydroxylation is 2. The van der Waals surface area contributed by atoms with E-state index in [9.17, 15) is 4.79 Å². The van der Waals surface area contributed by atoms with Gasteiger partial charge in [0.1, 0.15) is 0 Å². The number of ether oxygens (including phenoxy) is 1. The molecule has 0 unspecified atom stereocenters. The smallest absolute Gasteiger partial charge is 0.319 e. The minimum absolute atomic E-state index is 0.00461. The molecule has 0 saturated carbocycles. The molecule has 19 heavy (non-hydrogen) atoms. The fraction of sp³-hybridized carbons (Fsp3) is 0.500. The van der Waals surface area contributed by atoms with Crippen LogP contribution in [-0.4, -0.2) is 37.5 Å². The first-order valence-electron chi connectivity index (χ1n) is 6.50. The van der Waals surface area contributed by atoms with Crippen LogP contribution in [0.15, 0.2) is 18.2 Å². The fourth-order valence-electron chi connectivity index (χ4n) is 1.71. The zero-order chi connectivity index (χ0) is 14.1. The molecule has 0 aliphatic heterocycles. The highest BCUT2D eigenvalue weighted by Gasteiger charge is 2.03. The first-order chi connectivity index (χ1) is 9.17. The van der Waals surface area contributed by atoms with Gasteiger partial charge >= 0.3 is 6.03 Å². The Bertz CT molecular complexity index is 408. The molecular weight excluding hydrogens is 244 g/mol. The Morgan fingerprint density at radius 2 is 2.16 bits per heavy atom. The van der Waals surface area contributed by atoms with Crippen LogP contribution in [0.4, 0.5) is 10.5 Å². The van der Waals surface area contributed by atoms with E-state index < -0.39 is 0 Å². The molecule has 5 heteroatoms. The van der Waals surface area contributed by atoms with Crippen LogP contribution < -0.4 is 10.6 Å². The number of aliphatic hydroxyl groups excluding tert-OH is 1. The number of hydrogen-bond acceptors (Lipinski definition) is 3. The van der Waals surface area contributed by atoms with E-state index in [-0.39, 0.29) is 12.6 Å². The molecule has 0 radical (unpaired) electrons. The van der Waals surface area contributed by atoms with E-state index in [1.807, 2.05) is 18.2 Å². The van der Waals surface area contributed by atoms with Crippen molar-refractivity contribution in [3.05, 3.63) is 29.3 Å². The molecule has 2 amide bonds. The van der Waals surface area contributed by atoms with Crippen LogP contribution in [0.5, 0.6) is 0 Å². The number of urea groups is 1. The molecule has 0 aliphatic carbocycles. The minimum Gasteiger partial charge on any atom is -0.394 e. The molecule has 0 heterocycles. The average molecular weight is 266 g/mol. The van der Waals surface area contributed by atoms with Gasteiger partial charge in [0.15, 0.2) is 0 Å².